The van der Waals surface area contributed by atoms with Crippen molar-refractivity contribution in [1.82, 2.24) is 0 Å². The van der Waals surface area contributed by atoms with Crippen LogP contribution in [-0.4, -0.2) is 0 Å². The number of nitrogens with zero attached hydrogens (tertiary/aromatic N) is 1. The summed E-state index contributed by atoms with van der Waals surface area (Å²) in [5, 5.41) is 11.9. The van der Waals surface area contributed by atoms with E-state index < -0.39 is 11.7 Å². The molecule has 1 N–H and O–H groups in total. The molecule has 0 atom stereocenters. The summed E-state index contributed by atoms with van der Waals surface area (Å²) in [4.78, 5) is 0. The molecule has 0 aliphatic rings. The predicted molar refractivity (Wildman–Crippen MR) is 70.6 cm³/mol. The molecule has 2 nitrogen and oxygen atoms in total. The van der Waals surface area contributed by atoms with Crippen molar-refractivity contribution in [2.75, 3.05) is 5.32 Å². The molecule has 0 saturated heterocycles. The topological polar surface area (TPSA) is 35.8 Å². The molecule has 102 valence electrons. The summed E-state index contributed by atoms with van der Waals surface area (Å²) in [6, 6.07) is 12.0. The highest BCUT2D eigenvalue weighted by atomic mass is 19.4. The summed E-state index contributed by atoms with van der Waals surface area (Å²) in [7, 11) is 0. The minimum absolute atomic E-state index is 0.297. The second-order valence-corrected chi connectivity index (χ2v) is 4.31. The summed E-state index contributed by atoms with van der Waals surface area (Å²) in [5.74, 6) is 0. The Morgan fingerprint density at radius 3 is 2.45 bits per heavy atom. The molecule has 0 aliphatic carbocycles. The van der Waals surface area contributed by atoms with Gasteiger partial charge in [0.05, 0.1) is 16.8 Å². The lowest BCUT2D eigenvalue weighted by atomic mass is 10.1. The van der Waals surface area contributed by atoms with Gasteiger partial charge in [0.15, 0.2) is 0 Å². The molecule has 0 unspecified atom stereocenters. The Labute approximate surface area is 114 Å². The smallest absolute Gasteiger partial charge is 0.354 e. The van der Waals surface area contributed by atoms with Crippen LogP contribution in [0.4, 0.5) is 24.5 Å². The van der Waals surface area contributed by atoms with E-state index in [2.05, 4.69) is 5.32 Å². The van der Waals surface area contributed by atoms with Gasteiger partial charge in [-0.1, -0.05) is 18.2 Å². The van der Waals surface area contributed by atoms with E-state index in [9.17, 15) is 13.2 Å². The van der Waals surface area contributed by atoms with E-state index >= 15 is 0 Å². The van der Waals surface area contributed by atoms with Crippen LogP contribution >= 0.6 is 0 Å². The fourth-order valence-corrected chi connectivity index (χ4v) is 1.84. The number of hydrogen-bond donors (Lipinski definition) is 1. The highest BCUT2D eigenvalue weighted by Crippen LogP contribution is 2.32. The average molecular weight is 276 g/mol. The van der Waals surface area contributed by atoms with Crippen molar-refractivity contribution in [3.05, 3.63) is 59.2 Å². The molecule has 0 bridgehead atoms. The van der Waals surface area contributed by atoms with Gasteiger partial charge < -0.3 is 5.32 Å². The Bertz CT molecular complexity index is 670. The van der Waals surface area contributed by atoms with Crippen molar-refractivity contribution in [2.24, 2.45) is 0 Å². The number of rotatable bonds is 2. The van der Waals surface area contributed by atoms with Crippen molar-refractivity contribution in [3.63, 3.8) is 0 Å². The van der Waals surface area contributed by atoms with Crippen LogP contribution in [0.2, 0.25) is 0 Å². The van der Waals surface area contributed by atoms with Crippen LogP contribution in [0.25, 0.3) is 0 Å². The van der Waals surface area contributed by atoms with Gasteiger partial charge in [-0.15, -0.1) is 0 Å². The van der Waals surface area contributed by atoms with E-state index in [4.69, 9.17) is 5.26 Å². The van der Waals surface area contributed by atoms with Gasteiger partial charge in [0, 0.05) is 5.69 Å². The van der Waals surface area contributed by atoms with Crippen molar-refractivity contribution in [1.29, 1.82) is 5.26 Å². The monoisotopic (exact) mass is 276 g/mol. The summed E-state index contributed by atoms with van der Waals surface area (Å²) in [6.45, 7) is 1.79. The quantitative estimate of drug-likeness (QED) is 0.868. The van der Waals surface area contributed by atoms with Gasteiger partial charge in [0.25, 0.3) is 0 Å². The number of benzene rings is 2. The number of alkyl halides is 3. The van der Waals surface area contributed by atoms with Gasteiger partial charge in [0.1, 0.15) is 6.07 Å². The van der Waals surface area contributed by atoms with Crippen LogP contribution in [0.3, 0.4) is 0 Å². The van der Waals surface area contributed by atoms with E-state index in [0.717, 1.165) is 17.7 Å². The van der Waals surface area contributed by atoms with E-state index in [-0.39, 0.29) is 0 Å². The third-order valence-corrected chi connectivity index (χ3v) is 2.85. The highest BCUT2D eigenvalue weighted by Gasteiger charge is 2.30. The second kappa shape index (κ2) is 5.25. The lowest BCUT2D eigenvalue weighted by Gasteiger charge is -2.13. The largest absolute Gasteiger partial charge is 0.416 e. The number of aryl methyl sites for hydroxylation is 1. The first-order valence-corrected chi connectivity index (χ1v) is 5.86. The van der Waals surface area contributed by atoms with E-state index in [0.29, 0.717) is 16.9 Å². The first-order chi connectivity index (χ1) is 9.41. The van der Waals surface area contributed by atoms with Crippen LogP contribution < -0.4 is 5.32 Å². The van der Waals surface area contributed by atoms with Gasteiger partial charge >= 0.3 is 6.18 Å². The van der Waals surface area contributed by atoms with Gasteiger partial charge in [-0.2, -0.15) is 18.4 Å². The molecular formula is C15H11F3N2. The number of halogens is 3. The van der Waals surface area contributed by atoms with Gasteiger partial charge in [-0.3, -0.25) is 0 Å². The molecule has 2 aromatic rings. The first-order valence-electron chi connectivity index (χ1n) is 5.86. The zero-order chi connectivity index (χ0) is 14.8. The fourth-order valence-electron chi connectivity index (χ4n) is 1.84. The number of hydrogen-bond acceptors (Lipinski definition) is 2. The zero-order valence-electron chi connectivity index (χ0n) is 10.6. The SMILES string of the molecule is Cc1cccc(C#N)c1Nc1cccc(C(F)(F)F)c1. The number of para-hydroxylation sites is 1. The van der Waals surface area contributed by atoms with E-state index in [1.54, 1.807) is 25.1 Å². The lowest BCUT2D eigenvalue weighted by molar-refractivity contribution is -0.137. The molecule has 0 amide bonds. The Morgan fingerprint density at radius 2 is 1.80 bits per heavy atom. The third kappa shape index (κ3) is 2.91. The fraction of sp³-hybridized carbons (Fsp3) is 0.133. The molecule has 0 heterocycles. The summed E-state index contributed by atoms with van der Waals surface area (Å²) in [6.07, 6.45) is -4.39. The normalized spacial score (nSPS) is 10.9. The van der Waals surface area contributed by atoms with Gasteiger partial charge in [-0.25, -0.2) is 0 Å². The number of nitrogens with one attached hydrogen (secondary N) is 1. The molecule has 0 fully saturated rings. The van der Waals surface area contributed by atoms with Crippen LogP contribution in [0.1, 0.15) is 16.7 Å². The summed E-state index contributed by atoms with van der Waals surface area (Å²) < 4.78 is 38.0. The molecule has 20 heavy (non-hydrogen) atoms. The zero-order valence-corrected chi connectivity index (χ0v) is 10.6. The Kier molecular flexibility index (Phi) is 3.66. The molecule has 2 aromatic carbocycles. The summed E-state index contributed by atoms with van der Waals surface area (Å²) in [5.41, 5.74) is 1.28. The minimum atomic E-state index is -4.39. The molecule has 0 saturated carbocycles. The van der Waals surface area contributed by atoms with Gasteiger partial charge in [0.2, 0.25) is 0 Å². The average Bonchev–Trinajstić information content (AvgIpc) is 2.40. The maximum Gasteiger partial charge on any atom is 0.416 e. The van der Waals surface area contributed by atoms with Crippen molar-refractivity contribution in [2.45, 2.75) is 13.1 Å². The molecule has 5 heteroatoms. The predicted octanol–water partition coefficient (Wildman–Crippen LogP) is 4.63. The minimum Gasteiger partial charge on any atom is -0.354 e. The van der Waals surface area contributed by atoms with Crippen molar-refractivity contribution < 1.29 is 13.2 Å². The van der Waals surface area contributed by atoms with Crippen LogP contribution in [-0.2, 0) is 6.18 Å². The van der Waals surface area contributed by atoms with Crippen molar-refractivity contribution in [3.8, 4) is 6.07 Å². The van der Waals surface area contributed by atoms with Crippen molar-refractivity contribution >= 4 is 11.4 Å². The Balaban J connectivity index is 2.39. The Hall–Kier alpha value is -2.48. The maximum atomic E-state index is 12.7. The summed E-state index contributed by atoms with van der Waals surface area (Å²) >= 11 is 0. The van der Waals surface area contributed by atoms with Crippen LogP contribution in [0.5, 0.6) is 0 Å². The van der Waals surface area contributed by atoms with E-state index in [1.165, 1.54) is 12.1 Å². The number of anilines is 2. The maximum absolute atomic E-state index is 12.7. The van der Waals surface area contributed by atoms with Crippen LogP contribution in [0, 0.1) is 18.3 Å². The lowest BCUT2D eigenvalue weighted by Crippen LogP contribution is -2.05. The Morgan fingerprint density at radius 1 is 1.10 bits per heavy atom. The highest BCUT2D eigenvalue weighted by molar-refractivity contribution is 5.70. The first kappa shape index (κ1) is 13.9. The van der Waals surface area contributed by atoms with Gasteiger partial charge in [-0.05, 0) is 36.8 Å². The molecular weight excluding hydrogens is 265 g/mol. The van der Waals surface area contributed by atoms with Crippen LogP contribution in [0.15, 0.2) is 42.5 Å². The molecule has 0 aliphatic heterocycles. The molecule has 0 spiro atoms. The standard InChI is InChI=1S/C15H11F3N2/c1-10-4-2-5-11(9-19)14(10)20-13-7-3-6-12(8-13)15(16,17)18/h2-8,20H,1H3. The van der Waals surface area contributed by atoms with E-state index in [1.807, 2.05) is 6.07 Å². The third-order valence-electron chi connectivity index (χ3n) is 2.85. The second-order valence-electron chi connectivity index (χ2n) is 4.31. The molecule has 0 aromatic heterocycles. The molecule has 0 radical (unpaired) electrons. The number of nitriles is 1. The molecule has 2 rings (SSSR count).